The smallest absolute Gasteiger partial charge is 0.155 e. The molecule has 106 valence electrons. The summed E-state index contributed by atoms with van der Waals surface area (Å²) in [7, 11) is 0. The molecule has 5 heteroatoms. The Balaban J connectivity index is 1.96. The summed E-state index contributed by atoms with van der Waals surface area (Å²) in [6.45, 7) is 3.86. The van der Waals surface area contributed by atoms with Gasteiger partial charge in [-0.25, -0.2) is 4.39 Å². The van der Waals surface area contributed by atoms with Crippen LogP contribution in [0, 0.1) is 5.82 Å². The third kappa shape index (κ3) is 3.73. The van der Waals surface area contributed by atoms with Gasteiger partial charge in [-0.1, -0.05) is 18.2 Å². The molecule has 4 atom stereocenters. The standard InChI is InChI=1S/C14H19FO4/c1-9(16)14-13(8-17-10(2)19-14)18-7-11-5-3-4-6-12(11)15/h3-6,9-10,13-14,16H,7-8H2,1-2H3/t9?,10-,13+,14+/m0/s1. The fraction of sp³-hybridized carbons (Fsp3) is 0.571. The maximum atomic E-state index is 13.5. The monoisotopic (exact) mass is 270 g/mol. The van der Waals surface area contributed by atoms with Gasteiger partial charge < -0.3 is 19.3 Å². The van der Waals surface area contributed by atoms with Crippen LogP contribution in [-0.2, 0) is 20.8 Å². The zero-order valence-corrected chi connectivity index (χ0v) is 11.1. The van der Waals surface area contributed by atoms with Gasteiger partial charge in [0.05, 0.1) is 19.3 Å². The molecule has 0 saturated carbocycles. The molecule has 1 aliphatic heterocycles. The number of benzene rings is 1. The molecule has 0 radical (unpaired) electrons. The molecule has 1 unspecified atom stereocenters. The van der Waals surface area contributed by atoms with Crippen molar-refractivity contribution in [1.82, 2.24) is 0 Å². The van der Waals surface area contributed by atoms with Crippen molar-refractivity contribution in [3.63, 3.8) is 0 Å². The summed E-state index contributed by atoms with van der Waals surface area (Å²) >= 11 is 0. The Morgan fingerprint density at radius 1 is 1.47 bits per heavy atom. The number of hydrogen-bond donors (Lipinski definition) is 1. The van der Waals surface area contributed by atoms with Gasteiger partial charge in [-0.3, -0.25) is 0 Å². The Bertz CT molecular complexity index is 410. The van der Waals surface area contributed by atoms with E-state index in [0.29, 0.717) is 12.2 Å². The van der Waals surface area contributed by atoms with Crippen LogP contribution in [0.4, 0.5) is 4.39 Å². The van der Waals surface area contributed by atoms with E-state index in [2.05, 4.69) is 0 Å². The van der Waals surface area contributed by atoms with Crippen molar-refractivity contribution in [2.75, 3.05) is 6.61 Å². The van der Waals surface area contributed by atoms with Crippen molar-refractivity contribution in [3.8, 4) is 0 Å². The summed E-state index contributed by atoms with van der Waals surface area (Å²) in [4.78, 5) is 0. The quantitative estimate of drug-likeness (QED) is 0.907. The molecule has 2 rings (SSSR count). The molecule has 1 heterocycles. The van der Waals surface area contributed by atoms with Crippen LogP contribution in [0.2, 0.25) is 0 Å². The van der Waals surface area contributed by atoms with E-state index in [-0.39, 0.29) is 18.7 Å². The van der Waals surface area contributed by atoms with Crippen LogP contribution >= 0.6 is 0 Å². The van der Waals surface area contributed by atoms with Gasteiger partial charge in [0.2, 0.25) is 0 Å². The number of aliphatic hydroxyl groups excluding tert-OH is 1. The minimum Gasteiger partial charge on any atom is -0.391 e. The highest BCUT2D eigenvalue weighted by Gasteiger charge is 2.34. The molecule has 0 bridgehead atoms. The number of hydrogen-bond acceptors (Lipinski definition) is 4. The molecular formula is C14H19FO4. The molecule has 1 fully saturated rings. The number of ether oxygens (including phenoxy) is 3. The summed E-state index contributed by atoms with van der Waals surface area (Å²) in [5, 5.41) is 9.68. The lowest BCUT2D eigenvalue weighted by atomic mass is 10.1. The fourth-order valence-corrected chi connectivity index (χ4v) is 2.05. The van der Waals surface area contributed by atoms with Crippen molar-refractivity contribution in [1.29, 1.82) is 0 Å². The summed E-state index contributed by atoms with van der Waals surface area (Å²) in [6.07, 6.45) is -1.91. The average molecular weight is 270 g/mol. The number of aliphatic hydroxyl groups is 1. The largest absolute Gasteiger partial charge is 0.391 e. The molecule has 1 saturated heterocycles. The minimum absolute atomic E-state index is 0.127. The highest BCUT2D eigenvalue weighted by molar-refractivity contribution is 5.16. The zero-order chi connectivity index (χ0) is 13.8. The van der Waals surface area contributed by atoms with E-state index in [0.717, 1.165) is 0 Å². The van der Waals surface area contributed by atoms with E-state index in [1.165, 1.54) is 6.07 Å². The first-order valence-corrected chi connectivity index (χ1v) is 6.38. The van der Waals surface area contributed by atoms with Crippen molar-refractivity contribution >= 4 is 0 Å². The lowest BCUT2D eigenvalue weighted by molar-refractivity contribution is -0.273. The molecule has 1 aromatic carbocycles. The molecule has 1 aliphatic rings. The third-order valence-corrected chi connectivity index (χ3v) is 3.10. The predicted molar refractivity (Wildman–Crippen MR) is 66.9 cm³/mol. The molecule has 0 aliphatic carbocycles. The first kappa shape index (κ1) is 14.4. The SMILES string of the molecule is CC(O)[C@H]1O[C@@H](C)OC[C@H]1OCc1ccccc1F. The van der Waals surface area contributed by atoms with Gasteiger partial charge in [-0.05, 0) is 19.9 Å². The molecule has 0 amide bonds. The molecule has 19 heavy (non-hydrogen) atoms. The fourth-order valence-electron chi connectivity index (χ4n) is 2.05. The lowest BCUT2D eigenvalue weighted by Gasteiger charge is -2.36. The van der Waals surface area contributed by atoms with Crippen molar-refractivity contribution in [3.05, 3.63) is 35.6 Å². The first-order chi connectivity index (χ1) is 9.08. The van der Waals surface area contributed by atoms with Crippen LogP contribution in [0.5, 0.6) is 0 Å². The van der Waals surface area contributed by atoms with Crippen LogP contribution < -0.4 is 0 Å². The van der Waals surface area contributed by atoms with Gasteiger partial charge in [0.1, 0.15) is 18.0 Å². The summed E-state index contributed by atoms with van der Waals surface area (Å²) in [6, 6.07) is 6.44. The van der Waals surface area contributed by atoms with E-state index in [9.17, 15) is 9.50 Å². The highest BCUT2D eigenvalue weighted by Crippen LogP contribution is 2.20. The predicted octanol–water partition coefficient (Wildman–Crippen LogP) is 1.85. The average Bonchev–Trinajstić information content (AvgIpc) is 2.38. The normalized spacial score (nSPS) is 29.2. The van der Waals surface area contributed by atoms with Crippen LogP contribution in [0.25, 0.3) is 0 Å². The minimum atomic E-state index is -0.669. The molecule has 0 spiro atoms. The Hall–Kier alpha value is -1.01. The highest BCUT2D eigenvalue weighted by atomic mass is 19.1. The number of halogens is 1. The Morgan fingerprint density at radius 3 is 2.89 bits per heavy atom. The molecule has 1 aromatic rings. The van der Waals surface area contributed by atoms with Gasteiger partial charge >= 0.3 is 0 Å². The topological polar surface area (TPSA) is 47.9 Å². The Labute approximate surface area is 112 Å². The number of rotatable bonds is 4. The van der Waals surface area contributed by atoms with Gasteiger partial charge in [-0.15, -0.1) is 0 Å². The van der Waals surface area contributed by atoms with Gasteiger partial charge in [0.25, 0.3) is 0 Å². The first-order valence-electron chi connectivity index (χ1n) is 6.38. The van der Waals surface area contributed by atoms with Crippen LogP contribution in [0.3, 0.4) is 0 Å². The summed E-state index contributed by atoms with van der Waals surface area (Å²) in [5.41, 5.74) is 0.477. The molecule has 0 aromatic heterocycles. The van der Waals surface area contributed by atoms with Gasteiger partial charge in [0, 0.05) is 5.56 Å². The van der Waals surface area contributed by atoms with E-state index in [1.54, 1.807) is 32.0 Å². The van der Waals surface area contributed by atoms with Crippen LogP contribution in [0.15, 0.2) is 24.3 Å². The molecular weight excluding hydrogens is 251 g/mol. The Morgan fingerprint density at radius 2 is 2.21 bits per heavy atom. The van der Waals surface area contributed by atoms with E-state index >= 15 is 0 Å². The van der Waals surface area contributed by atoms with Crippen molar-refractivity contribution in [2.45, 2.75) is 45.1 Å². The maximum Gasteiger partial charge on any atom is 0.155 e. The zero-order valence-electron chi connectivity index (χ0n) is 11.1. The van der Waals surface area contributed by atoms with Gasteiger partial charge in [0.15, 0.2) is 6.29 Å². The van der Waals surface area contributed by atoms with Crippen LogP contribution in [-0.4, -0.2) is 36.3 Å². The van der Waals surface area contributed by atoms with Crippen molar-refractivity contribution < 1.29 is 23.7 Å². The van der Waals surface area contributed by atoms with E-state index in [1.807, 2.05) is 0 Å². The summed E-state index contributed by atoms with van der Waals surface area (Å²) in [5.74, 6) is -0.304. The Kier molecular flexibility index (Phi) is 4.87. The maximum absolute atomic E-state index is 13.5. The second-order valence-electron chi connectivity index (χ2n) is 4.68. The second kappa shape index (κ2) is 6.43. The van der Waals surface area contributed by atoms with Crippen molar-refractivity contribution in [2.24, 2.45) is 0 Å². The van der Waals surface area contributed by atoms with E-state index < -0.39 is 18.3 Å². The molecule has 1 N–H and O–H groups in total. The summed E-state index contributed by atoms with van der Waals surface area (Å²) < 4.78 is 29.9. The second-order valence-corrected chi connectivity index (χ2v) is 4.68. The van der Waals surface area contributed by atoms with Crippen LogP contribution in [0.1, 0.15) is 19.4 Å². The van der Waals surface area contributed by atoms with E-state index in [4.69, 9.17) is 14.2 Å². The molecule has 4 nitrogen and oxygen atoms in total. The van der Waals surface area contributed by atoms with Gasteiger partial charge in [-0.2, -0.15) is 0 Å². The lowest BCUT2D eigenvalue weighted by Crippen LogP contribution is -2.49. The third-order valence-electron chi connectivity index (χ3n) is 3.10.